The van der Waals surface area contributed by atoms with E-state index in [1.165, 1.54) is 0 Å². The molecule has 0 aliphatic carbocycles. The molecule has 0 spiro atoms. The molecule has 0 atom stereocenters. The summed E-state index contributed by atoms with van der Waals surface area (Å²) < 4.78 is 16.6. The molecule has 0 saturated heterocycles. The Morgan fingerprint density at radius 2 is 1.89 bits per heavy atom. The fourth-order valence-corrected chi connectivity index (χ4v) is 2.89. The molecule has 0 fully saturated rings. The number of halogens is 1. The van der Waals surface area contributed by atoms with Crippen molar-refractivity contribution in [3.05, 3.63) is 52.5 Å². The summed E-state index contributed by atoms with van der Waals surface area (Å²) in [6.07, 6.45) is 1.52. The van der Waals surface area contributed by atoms with Gasteiger partial charge in [-0.2, -0.15) is 0 Å². The van der Waals surface area contributed by atoms with Gasteiger partial charge in [-0.1, -0.05) is 36.7 Å². The molecular weight excluding hydrogens is 366 g/mol. The van der Waals surface area contributed by atoms with Crippen LogP contribution in [0.1, 0.15) is 36.2 Å². The van der Waals surface area contributed by atoms with Crippen molar-refractivity contribution in [1.29, 1.82) is 0 Å². The van der Waals surface area contributed by atoms with Crippen molar-refractivity contribution in [2.45, 2.75) is 26.7 Å². The molecule has 2 aromatic rings. The van der Waals surface area contributed by atoms with Crippen LogP contribution in [0.5, 0.6) is 17.2 Å². The monoisotopic (exact) mass is 391 g/mol. The normalized spacial score (nSPS) is 10.4. The third-order valence-corrected chi connectivity index (χ3v) is 4.18. The molecule has 6 heteroatoms. The Morgan fingerprint density at radius 1 is 1.11 bits per heavy atom. The van der Waals surface area contributed by atoms with E-state index in [0.717, 1.165) is 17.7 Å². The van der Waals surface area contributed by atoms with Crippen molar-refractivity contribution in [1.82, 2.24) is 5.32 Å². The number of hydrogen-bond donors (Lipinski definition) is 1. The summed E-state index contributed by atoms with van der Waals surface area (Å²) in [5.41, 5.74) is 1.48. The second-order valence-electron chi connectivity index (χ2n) is 5.88. The first-order valence-electron chi connectivity index (χ1n) is 9.09. The van der Waals surface area contributed by atoms with Gasteiger partial charge in [0.25, 0.3) is 5.91 Å². The van der Waals surface area contributed by atoms with E-state index < -0.39 is 0 Å². The van der Waals surface area contributed by atoms with Gasteiger partial charge in [0.05, 0.1) is 25.3 Å². The van der Waals surface area contributed by atoms with E-state index in [-0.39, 0.29) is 5.91 Å². The summed E-state index contributed by atoms with van der Waals surface area (Å²) in [4.78, 5) is 12.5. The lowest BCUT2D eigenvalue weighted by molar-refractivity contribution is 0.0953. The van der Waals surface area contributed by atoms with Crippen LogP contribution in [0, 0.1) is 0 Å². The number of nitrogens with one attached hydrogen (secondary N) is 1. The quantitative estimate of drug-likeness (QED) is 0.647. The first-order chi connectivity index (χ1) is 13.1. The van der Waals surface area contributed by atoms with Gasteiger partial charge in [-0.05, 0) is 43.5 Å². The molecule has 5 nitrogen and oxygen atoms in total. The maximum atomic E-state index is 12.5. The van der Waals surface area contributed by atoms with Crippen molar-refractivity contribution >= 4 is 17.5 Å². The van der Waals surface area contributed by atoms with Gasteiger partial charge in [0, 0.05) is 12.1 Å². The molecular formula is C21H26ClNO4. The van der Waals surface area contributed by atoms with E-state index in [1.807, 2.05) is 38.1 Å². The van der Waals surface area contributed by atoms with Crippen LogP contribution in [0.2, 0.25) is 5.02 Å². The molecule has 0 heterocycles. The third-order valence-electron chi connectivity index (χ3n) is 3.89. The molecule has 0 unspecified atom stereocenters. The Hall–Kier alpha value is -2.40. The zero-order valence-electron chi connectivity index (χ0n) is 16.0. The number of rotatable bonds is 10. The van der Waals surface area contributed by atoms with Gasteiger partial charge in [0.15, 0.2) is 11.5 Å². The highest BCUT2D eigenvalue weighted by molar-refractivity contribution is 6.32. The standard InChI is InChI=1S/C21H26ClNO4/c1-4-12-27-20-17(22)13-16(14-19(20)26-5-2)21(24)23-11-10-15-8-6-7-9-18(15)25-3/h6-9,13-14H,4-5,10-12H2,1-3H3,(H,23,24). The van der Waals surface area contributed by atoms with Crippen LogP contribution in [0.25, 0.3) is 0 Å². The molecule has 2 rings (SSSR count). The molecule has 0 aromatic heterocycles. The summed E-state index contributed by atoms with van der Waals surface area (Å²) in [5, 5.41) is 3.27. The van der Waals surface area contributed by atoms with E-state index in [4.69, 9.17) is 25.8 Å². The van der Waals surface area contributed by atoms with Crippen LogP contribution in [0.15, 0.2) is 36.4 Å². The molecule has 0 aliphatic heterocycles. The van der Waals surface area contributed by atoms with Gasteiger partial charge >= 0.3 is 0 Å². The van der Waals surface area contributed by atoms with Crippen LogP contribution < -0.4 is 19.5 Å². The highest BCUT2D eigenvalue weighted by Crippen LogP contribution is 2.36. The largest absolute Gasteiger partial charge is 0.496 e. The van der Waals surface area contributed by atoms with Gasteiger partial charge in [-0.25, -0.2) is 0 Å². The zero-order valence-corrected chi connectivity index (χ0v) is 16.8. The Bertz CT molecular complexity index is 764. The zero-order chi connectivity index (χ0) is 19.6. The maximum absolute atomic E-state index is 12.5. The third kappa shape index (κ3) is 5.79. The van der Waals surface area contributed by atoms with E-state index in [1.54, 1.807) is 19.2 Å². The molecule has 2 aromatic carbocycles. The second-order valence-corrected chi connectivity index (χ2v) is 6.29. The van der Waals surface area contributed by atoms with E-state index in [0.29, 0.717) is 48.3 Å². The number of methoxy groups -OCH3 is 1. The first-order valence-corrected chi connectivity index (χ1v) is 9.47. The Balaban J connectivity index is 2.06. The number of hydrogen-bond acceptors (Lipinski definition) is 4. The smallest absolute Gasteiger partial charge is 0.251 e. The molecule has 1 N–H and O–H groups in total. The highest BCUT2D eigenvalue weighted by atomic mass is 35.5. The molecule has 1 amide bonds. The Kier molecular flexibility index (Phi) is 8.27. The van der Waals surface area contributed by atoms with Crippen LogP contribution in [0.4, 0.5) is 0 Å². The molecule has 0 saturated carbocycles. The minimum Gasteiger partial charge on any atom is -0.496 e. The number of para-hydroxylation sites is 1. The lowest BCUT2D eigenvalue weighted by Gasteiger charge is -2.15. The fourth-order valence-electron chi connectivity index (χ4n) is 2.63. The highest BCUT2D eigenvalue weighted by Gasteiger charge is 2.16. The van der Waals surface area contributed by atoms with Crippen LogP contribution >= 0.6 is 11.6 Å². The van der Waals surface area contributed by atoms with Crippen molar-refractivity contribution in [2.24, 2.45) is 0 Å². The summed E-state index contributed by atoms with van der Waals surface area (Å²) in [6.45, 7) is 5.35. The topological polar surface area (TPSA) is 56.8 Å². The predicted octanol–water partition coefficient (Wildman–Crippen LogP) is 4.51. The average Bonchev–Trinajstić information content (AvgIpc) is 2.67. The van der Waals surface area contributed by atoms with Gasteiger partial charge in [0.1, 0.15) is 5.75 Å². The van der Waals surface area contributed by atoms with Crippen LogP contribution in [-0.2, 0) is 6.42 Å². The van der Waals surface area contributed by atoms with Gasteiger partial charge in [-0.3, -0.25) is 4.79 Å². The molecule has 146 valence electrons. The fraction of sp³-hybridized carbons (Fsp3) is 0.381. The summed E-state index contributed by atoms with van der Waals surface area (Å²) in [6, 6.07) is 11.0. The molecule has 0 radical (unpaired) electrons. The average molecular weight is 392 g/mol. The van der Waals surface area contributed by atoms with Gasteiger partial charge in [0.2, 0.25) is 0 Å². The van der Waals surface area contributed by atoms with Gasteiger partial charge < -0.3 is 19.5 Å². The number of amides is 1. The first kappa shape index (κ1) is 20.9. The number of carbonyl (C=O) groups excluding carboxylic acids is 1. The Labute approximate surface area is 165 Å². The SMILES string of the molecule is CCCOc1c(Cl)cc(C(=O)NCCc2ccccc2OC)cc1OCC. The van der Waals surface area contributed by atoms with Crippen molar-refractivity contribution in [3.63, 3.8) is 0 Å². The molecule has 27 heavy (non-hydrogen) atoms. The minimum atomic E-state index is -0.213. The Morgan fingerprint density at radius 3 is 2.59 bits per heavy atom. The van der Waals surface area contributed by atoms with Crippen molar-refractivity contribution in [2.75, 3.05) is 26.9 Å². The van der Waals surface area contributed by atoms with Gasteiger partial charge in [-0.15, -0.1) is 0 Å². The summed E-state index contributed by atoms with van der Waals surface area (Å²) in [5.74, 6) is 1.56. The molecule has 0 aliphatic rings. The summed E-state index contributed by atoms with van der Waals surface area (Å²) >= 11 is 6.32. The van der Waals surface area contributed by atoms with E-state index >= 15 is 0 Å². The van der Waals surface area contributed by atoms with E-state index in [9.17, 15) is 4.79 Å². The van der Waals surface area contributed by atoms with Crippen molar-refractivity contribution < 1.29 is 19.0 Å². The lowest BCUT2D eigenvalue weighted by atomic mass is 10.1. The number of carbonyl (C=O) groups is 1. The predicted molar refractivity (Wildman–Crippen MR) is 107 cm³/mol. The number of benzene rings is 2. The minimum absolute atomic E-state index is 0.213. The molecule has 0 bridgehead atoms. The maximum Gasteiger partial charge on any atom is 0.251 e. The van der Waals surface area contributed by atoms with E-state index in [2.05, 4.69) is 5.32 Å². The van der Waals surface area contributed by atoms with Crippen LogP contribution in [0.3, 0.4) is 0 Å². The lowest BCUT2D eigenvalue weighted by Crippen LogP contribution is -2.26. The van der Waals surface area contributed by atoms with Crippen molar-refractivity contribution in [3.8, 4) is 17.2 Å². The summed E-state index contributed by atoms with van der Waals surface area (Å²) in [7, 11) is 1.64. The number of ether oxygens (including phenoxy) is 3. The van der Waals surface area contributed by atoms with Crippen LogP contribution in [-0.4, -0.2) is 32.8 Å². The second kappa shape index (κ2) is 10.7.